The van der Waals surface area contributed by atoms with Gasteiger partial charge in [0.25, 0.3) is 5.91 Å². The van der Waals surface area contributed by atoms with Gasteiger partial charge in [-0.3, -0.25) is 14.8 Å². The summed E-state index contributed by atoms with van der Waals surface area (Å²) < 4.78 is 20.1. The molecular formula is C28H25FN10O2. The molecule has 0 saturated carbocycles. The molecule has 0 saturated heterocycles. The number of rotatable bonds is 9. The topological polar surface area (TPSA) is 156 Å². The number of hydrogen-bond acceptors (Lipinski definition) is 10. The first kappa shape index (κ1) is 27.0. The van der Waals surface area contributed by atoms with Crippen LogP contribution in [0.4, 0.5) is 16.0 Å². The quantitative estimate of drug-likeness (QED) is 0.231. The standard InChI is InChI=1S/C28H25FN10O2/c1-16-8-22(37-24-15-32-23(38-24)14-30-2)39-27(36-16)19-9-20(29)26(34-13-19)28(40)35-11-17-4-6-21(31-10-17)18-5-7-25(41-3)33-12-18/h4-10,12-15H,11H2,1-3H3,(H,32,38)(H,35,40)(H,36,37,39)/b30-14-. The van der Waals surface area contributed by atoms with E-state index in [2.05, 4.69) is 50.5 Å². The second kappa shape index (κ2) is 12.1. The Morgan fingerprint density at radius 1 is 1.02 bits per heavy atom. The summed E-state index contributed by atoms with van der Waals surface area (Å²) in [6, 6.07) is 10.1. The predicted octanol–water partition coefficient (Wildman–Crippen LogP) is 3.90. The normalized spacial score (nSPS) is 11.0. The molecular weight excluding hydrogens is 527 g/mol. The Bertz CT molecular complexity index is 1700. The van der Waals surface area contributed by atoms with E-state index >= 15 is 0 Å². The van der Waals surface area contributed by atoms with Crippen molar-refractivity contribution >= 4 is 23.8 Å². The fourth-order valence-electron chi connectivity index (χ4n) is 3.83. The molecule has 5 aromatic rings. The average molecular weight is 553 g/mol. The zero-order chi connectivity index (χ0) is 28.8. The van der Waals surface area contributed by atoms with E-state index in [1.165, 1.54) is 12.3 Å². The summed E-state index contributed by atoms with van der Waals surface area (Å²) >= 11 is 0. The summed E-state index contributed by atoms with van der Waals surface area (Å²) in [4.78, 5) is 45.4. The van der Waals surface area contributed by atoms with Crippen molar-refractivity contribution in [3.05, 3.63) is 89.8 Å². The smallest absolute Gasteiger partial charge is 0.273 e. The fourth-order valence-corrected chi connectivity index (χ4v) is 3.83. The van der Waals surface area contributed by atoms with Crippen molar-refractivity contribution < 1.29 is 13.9 Å². The van der Waals surface area contributed by atoms with Gasteiger partial charge in [-0.05, 0) is 30.7 Å². The first-order valence-corrected chi connectivity index (χ1v) is 12.4. The molecule has 0 aliphatic carbocycles. The number of anilines is 2. The van der Waals surface area contributed by atoms with Crippen LogP contribution >= 0.6 is 0 Å². The number of imidazole rings is 1. The highest BCUT2D eigenvalue weighted by molar-refractivity contribution is 5.92. The highest BCUT2D eigenvalue weighted by Crippen LogP contribution is 2.22. The van der Waals surface area contributed by atoms with E-state index in [1.54, 1.807) is 58.0 Å². The van der Waals surface area contributed by atoms with Crippen molar-refractivity contribution in [1.29, 1.82) is 0 Å². The predicted molar refractivity (Wildman–Crippen MR) is 151 cm³/mol. The van der Waals surface area contributed by atoms with E-state index in [0.29, 0.717) is 34.6 Å². The SMILES string of the molecule is C/N=C\c1nc(Nc2cc(C)nc(-c3cnc(C(=O)NCc4ccc(-c5ccc(OC)nc5)nc4)c(F)c3)n2)c[nH]1. The molecule has 0 spiro atoms. The second-order valence-corrected chi connectivity index (χ2v) is 8.78. The van der Waals surface area contributed by atoms with Crippen LogP contribution in [0.25, 0.3) is 22.6 Å². The van der Waals surface area contributed by atoms with E-state index in [4.69, 9.17) is 4.74 Å². The van der Waals surface area contributed by atoms with Gasteiger partial charge in [-0.25, -0.2) is 29.3 Å². The molecule has 0 radical (unpaired) electrons. The third kappa shape index (κ3) is 6.53. The maximum Gasteiger partial charge on any atom is 0.273 e. The van der Waals surface area contributed by atoms with Gasteiger partial charge < -0.3 is 20.4 Å². The van der Waals surface area contributed by atoms with Gasteiger partial charge >= 0.3 is 0 Å². The number of ether oxygens (including phenoxy) is 1. The van der Waals surface area contributed by atoms with Gasteiger partial charge in [0.15, 0.2) is 23.2 Å². The van der Waals surface area contributed by atoms with Crippen LogP contribution in [-0.2, 0) is 6.54 Å². The van der Waals surface area contributed by atoms with Gasteiger partial charge in [0.2, 0.25) is 5.88 Å². The Morgan fingerprint density at radius 2 is 1.88 bits per heavy atom. The Labute approximate surface area is 234 Å². The van der Waals surface area contributed by atoms with Crippen molar-refractivity contribution in [2.45, 2.75) is 13.5 Å². The molecule has 206 valence electrons. The molecule has 0 aliphatic rings. The Kier molecular flexibility index (Phi) is 7.95. The summed E-state index contributed by atoms with van der Waals surface area (Å²) in [6.07, 6.45) is 7.92. The van der Waals surface area contributed by atoms with Crippen LogP contribution in [0.2, 0.25) is 0 Å². The molecule has 5 rings (SSSR count). The van der Waals surface area contributed by atoms with E-state index in [-0.39, 0.29) is 18.1 Å². The number of carbonyl (C=O) groups is 1. The third-order valence-corrected chi connectivity index (χ3v) is 5.79. The summed E-state index contributed by atoms with van der Waals surface area (Å²) in [5, 5.41) is 5.76. The second-order valence-electron chi connectivity index (χ2n) is 8.78. The number of aliphatic imine (C=N–C) groups is 1. The number of H-pyrrole nitrogens is 1. The zero-order valence-electron chi connectivity index (χ0n) is 22.4. The first-order chi connectivity index (χ1) is 19.9. The van der Waals surface area contributed by atoms with Gasteiger partial charge in [0.05, 0.1) is 19.0 Å². The Balaban J connectivity index is 1.24. The molecule has 13 heteroatoms. The number of nitrogens with one attached hydrogen (secondary N) is 3. The van der Waals surface area contributed by atoms with Crippen LogP contribution in [0, 0.1) is 12.7 Å². The molecule has 0 atom stereocenters. The van der Waals surface area contributed by atoms with E-state index in [1.807, 2.05) is 18.2 Å². The van der Waals surface area contributed by atoms with Gasteiger partial charge in [-0.15, -0.1) is 0 Å². The molecule has 0 aromatic carbocycles. The Morgan fingerprint density at radius 3 is 2.59 bits per heavy atom. The molecule has 1 amide bonds. The zero-order valence-corrected chi connectivity index (χ0v) is 22.4. The van der Waals surface area contributed by atoms with E-state index < -0.39 is 11.7 Å². The molecule has 5 aromatic heterocycles. The van der Waals surface area contributed by atoms with Crippen molar-refractivity contribution in [2.75, 3.05) is 19.5 Å². The van der Waals surface area contributed by atoms with E-state index in [0.717, 1.165) is 16.8 Å². The van der Waals surface area contributed by atoms with Crippen molar-refractivity contribution in [3.63, 3.8) is 0 Å². The molecule has 5 heterocycles. The number of halogens is 1. The highest BCUT2D eigenvalue weighted by atomic mass is 19.1. The molecule has 41 heavy (non-hydrogen) atoms. The van der Waals surface area contributed by atoms with Crippen molar-refractivity contribution in [1.82, 2.24) is 40.2 Å². The molecule has 0 fully saturated rings. The monoisotopic (exact) mass is 552 g/mol. The summed E-state index contributed by atoms with van der Waals surface area (Å²) in [5.41, 5.74) is 2.91. The maximum atomic E-state index is 15.0. The fraction of sp³-hybridized carbons (Fsp3) is 0.143. The van der Waals surface area contributed by atoms with Gasteiger partial charge in [-0.1, -0.05) is 6.07 Å². The Hall–Kier alpha value is -5.59. The first-order valence-electron chi connectivity index (χ1n) is 12.4. The van der Waals surface area contributed by atoms with Crippen molar-refractivity contribution in [2.24, 2.45) is 4.99 Å². The van der Waals surface area contributed by atoms with Gasteiger partial charge in [0, 0.05) is 67.3 Å². The number of carbonyl (C=O) groups excluding carboxylic acids is 1. The number of nitrogens with zero attached hydrogens (tertiary/aromatic N) is 7. The van der Waals surface area contributed by atoms with Crippen LogP contribution in [0.5, 0.6) is 5.88 Å². The van der Waals surface area contributed by atoms with Gasteiger partial charge in [0.1, 0.15) is 11.6 Å². The molecule has 0 aliphatic heterocycles. The lowest BCUT2D eigenvalue weighted by Crippen LogP contribution is -2.25. The number of aryl methyl sites for hydroxylation is 1. The lowest BCUT2D eigenvalue weighted by Gasteiger charge is -2.09. The van der Waals surface area contributed by atoms with Crippen LogP contribution in [-0.4, -0.2) is 61.2 Å². The summed E-state index contributed by atoms with van der Waals surface area (Å²) in [6.45, 7) is 1.93. The van der Waals surface area contributed by atoms with Gasteiger partial charge in [-0.2, -0.15) is 0 Å². The maximum absolute atomic E-state index is 15.0. The number of aromatic amines is 1. The number of pyridine rings is 3. The number of hydrogen-bond donors (Lipinski definition) is 3. The van der Waals surface area contributed by atoms with Crippen LogP contribution in [0.1, 0.15) is 27.6 Å². The minimum Gasteiger partial charge on any atom is -0.481 e. The lowest BCUT2D eigenvalue weighted by molar-refractivity contribution is 0.0941. The van der Waals surface area contributed by atoms with Crippen LogP contribution < -0.4 is 15.4 Å². The molecule has 0 unspecified atom stereocenters. The molecule has 0 bridgehead atoms. The lowest BCUT2D eigenvalue weighted by atomic mass is 10.1. The summed E-state index contributed by atoms with van der Waals surface area (Å²) in [5.74, 6) is 0.880. The van der Waals surface area contributed by atoms with Crippen LogP contribution in [0.15, 0.2) is 66.2 Å². The van der Waals surface area contributed by atoms with Crippen LogP contribution in [0.3, 0.4) is 0 Å². The number of amides is 1. The largest absolute Gasteiger partial charge is 0.481 e. The number of aromatic nitrogens is 7. The number of methoxy groups -OCH3 is 1. The summed E-state index contributed by atoms with van der Waals surface area (Å²) in [7, 11) is 3.20. The minimum atomic E-state index is -0.795. The highest BCUT2D eigenvalue weighted by Gasteiger charge is 2.16. The molecule has 12 nitrogen and oxygen atoms in total. The minimum absolute atomic E-state index is 0.144. The average Bonchev–Trinajstić information content (AvgIpc) is 3.42. The molecule has 3 N–H and O–H groups in total. The third-order valence-electron chi connectivity index (χ3n) is 5.79. The van der Waals surface area contributed by atoms with E-state index in [9.17, 15) is 9.18 Å². The van der Waals surface area contributed by atoms with Crippen molar-refractivity contribution in [3.8, 4) is 28.5 Å².